The van der Waals surface area contributed by atoms with Gasteiger partial charge in [0.2, 0.25) is 0 Å². The van der Waals surface area contributed by atoms with E-state index in [4.69, 9.17) is 39.5 Å². The summed E-state index contributed by atoms with van der Waals surface area (Å²) in [6.45, 7) is 2.81. The van der Waals surface area contributed by atoms with Gasteiger partial charge in [-0.05, 0) is 24.3 Å². The Kier molecular flexibility index (Phi) is 5.02. The molecule has 2 aromatic rings. The number of rotatable bonds is 3. The van der Waals surface area contributed by atoms with Crippen molar-refractivity contribution in [3.8, 4) is 0 Å². The lowest BCUT2D eigenvalue weighted by Crippen LogP contribution is -2.36. The van der Waals surface area contributed by atoms with Gasteiger partial charge >= 0.3 is 0 Å². The fourth-order valence-corrected chi connectivity index (χ4v) is 2.89. The van der Waals surface area contributed by atoms with Gasteiger partial charge in [-0.3, -0.25) is 4.79 Å². The minimum Gasteiger partial charge on any atom is -0.378 e. The number of hydrogen-bond acceptors (Lipinski definition) is 3. The Labute approximate surface area is 148 Å². The molecule has 0 bridgehead atoms. The van der Waals surface area contributed by atoms with Crippen LogP contribution in [0, 0.1) is 0 Å². The summed E-state index contributed by atoms with van der Waals surface area (Å²) in [5, 5.41) is 3.93. The topological polar surface area (TPSA) is 57.4 Å². The molecule has 1 aliphatic heterocycles. The number of aromatic nitrogens is 1. The van der Waals surface area contributed by atoms with E-state index in [0.29, 0.717) is 28.9 Å². The number of anilines is 2. The molecule has 0 saturated carbocycles. The van der Waals surface area contributed by atoms with Crippen LogP contribution in [0.2, 0.25) is 15.2 Å². The van der Waals surface area contributed by atoms with Gasteiger partial charge in [-0.2, -0.15) is 0 Å². The van der Waals surface area contributed by atoms with Crippen molar-refractivity contribution in [3.05, 3.63) is 45.2 Å². The van der Waals surface area contributed by atoms with E-state index in [2.05, 4.69) is 15.2 Å². The summed E-state index contributed by atoms with van der Waals surface area (Å²) in [5.74, 6) is -0.337. The zero-order chi connectivity index (χ0) is 16.4. The van der Waals surface area contributed by atoms with Crippen LogP contribution in [-0.4, -0.2) is 37.2 Å². The highest BCUT2D eigenvalue weighted by atomic mass is 35.5. The van der Waals surface area contributed by atoms with Crippen LogP contribution in [0.4, 0.5) is 11.4 Å². The lowest BCUT2D eigenvalue weighted by atomic mass is 10.2. The summed E-state index contributed by atoms with van der Waals surface area (Å²) in [6.07, 6.45) is 0. The van der Waals surface area contributed by atoms with E-state index in [-0.39, 0.29) is 16.8 Å². The predicted molar refractivity (Wildman–Crippen MR) is 93.2 cm³/mol. The van der Waals surface area contributed by atoms with Crippen molar-refractivity contribution in [2.45, 2.75) is 0 Å². The number of carbonyl (C=O) groups is 1. The highest BCUT2D eigenvalue weighted by Crippen LogP contribution is 2.31. The molecular formula is C15H14Cl3N3O2. The first kappa shape index (κ1) is 16.5. The lowest BCUT2D eigenvalue weighted by Gasteiger charge is -2.30. The Morgan fingerprint density at radius 3 is 2.57 bits per heavy atom. The van der Waals surface area contributed by atoms with E-state index in [1.165, 1.54) is 6.07 Å². The van der Waals surface area contributed by atoms with E-state index in [1.54, 1.807) is 12.1 Å². The predicted octanol–water partition coefficient (Wildman–Crippen LogP) is 4.06. The van der Waals surface area contributed by atoms with E-state index in [1.807, 2.05) is 6.07 Å². The lowest BCUT2D eigenvalue weighted by molar-refractivity contribution is 0.102. The Morgan fingerprint density at radius 1 is 1.17 bits per heavy atom. The molecule has 1 amide bonds. The smallest absolute Gasteiger partial charge is 0.272 e. The molecule has 0 unspecified atom stereocenters. The molecule has 3 rings (SSSR count). The third-order valence-electron chi connectivity index (χ3n) is 3.53. The van der Waals surface area contributed by atoms with Crippen molar-refractivity contribution in [2.24, 2.45) is 0 Å². The van der Waals surface area contributed by atoms with Crippen molar-refractivity contribution in [3.63, 3.8) is 0 Å². The maximum atomic E-state index is 12.4. The molecule has 0 atom stereocenters. The number of ether oxygens (including phenoxy) is 1. The number of nitrogens with one attached hydrogen (secondary N) is 2. The number of nitrogens with zero attached hydrogens (tertiary/aromatic N) is 1. The average Bonchev–Trinajstić information content (AvgIpc) is 2.88. The van der Waals surface area contributed by atoms with Gasteiger partial charge in [0.25, 0.3) is 5.91 Å². The molecule has 1 aromatic carbocycles. The van der Waals surface area contributed by atoms with Crippen LogP contribution in [0.25, 0.3) is 0 Å². The van der Waals surface area contributed by atoms with Crippen LogP contribution in [0.1, 0.15) is 10.5 Å². The SMILES string of the molecule is O=C(Nc1cc(Cl)ccc1N1CCOCC1)c1cc(Cl)c(Cl)[nH]1. The van der Waals surface area contributed by atoms with Crippen LogP contribution in [0.15, 0.2) is 24.3 Å². The molecule has 23 heavy (non-hydrogen) atoms. The molecule has 0 radical (unpaired) electrons. The third-order valence-corrected chi connectivity index (χ3v) is 4.46. The number of halogens is 3. The van der Waals surface area contributed by atoms with E-state index in [9.17, 15) is 4.79 Å². The van der Waals surface area contributed by atoms with Crippen LogP contribution >= 0.6 is 34.8 Å². The Bertz CT molecular complexity index is 707. The second kappa shape index (κ2) is 7.01. The van der Waals surface area contributed by atoms with Gasteiger partial charge in [-0.1, -0.05) is 34.8 Å². The highest BCUT2D eigenvalue weighted by Gasteiger charge is 2.18. The molecule has 1 aromatic heterocycles. The molecular weight excluding hydrogens is 361 g/mol. The summed E-state index contributed by atoms with van der Waals surface area (Å²) < 4.78 is 5.36. The monoisotopic (exact) mass is 373 g/mol. The number of aromatic amines is 1. The second-order valence-electron chi connectivity index (χ2n) is 5.06. The zero-order valence-corrected chi connectivity index (χ0v) is 14.3. The first-order valence-corrected chi connectivity index (χ1v) is 8.15. The van der Waals surface area contributed by atoms with Crippen LogP contribution in [0.5, 0.6) is 0 Å². The highest BCUT2D eigenvalue weighted by molar-refractivity contribution is 6.41. The van der Waals surface area contributed by atoms with Gasteiger partial charge in [-0.15, -0.1) is 0 Å². The maximum Gasteiger partial charge on any atom is 0.272 e. The molecule has 2 heterocycles. The first-order valence-electron chi connectivity index (χ1n) is 7.02. The summed E-state index contributed by atoms with van der Waals surface area (Å²) in [7, 11) is 0. The van der Waals surface area contributed by atoms with Gasteiger partial charge < -0.3 is 19.9 Å². The molecule has 8 heteroatoms. The normalized spacial score (nSPS) is 14.8. The Balaban J connectivity index is 1.86. The van der Waals surface area contributed by atoms with Gasteiger partial charge in [0, 0.05) is 18.1 Å². The number of hydrogen-bond donors (Lipinski definition) is 2. The number of H-pyrrole nitrogens is 1. The average molecular weight is 375 g/mol. The van der Waals surface area contributed by atoms with E-state index >= 15 is 0 Å². The van der Waals surface area contributed by atoms with Crippen LogP contribution < -0.4 is 10.2 Å². The number of morpholine rings is 1. The van der Waals surface area contributed by atoms with Gasteiger partial charge in [0.15, 0.2) is 0 Å². The molecule has 1 fully saturated rings. The van der Waals surface area contributed by atoms with E-state index in [0.717, 1.165) is 18.8 Å². The molecule has 1 aliphatic rings. The fraction of sp³-hybridized carbons (Fsp3) is 0.267. The molecule has 0 spiro atoms. The van der Waals surface area contributed by atoms with Crippen molar-refractivity contribution in [2.75, 3.05) is 36.5 Å². The molecule has 1 saturated heterocycles. The molecule has 5 nitrogen and oxygen atoms in total. The minimum atomic E-state index is -0.337. The standard InChI is InChI=1S/C15H14Cl3N3O2/c16-9-1-2-13(21-3-5-23-6-4-21)11(7-9)20-15(22)12-8-10(17)14(18)19-12/h1-2,7-8,19H,3-6H2,(H,20,22). The van der Waals surface area contributed by atoms with Gasteiger partial charge in [0.1, 0.15) is 10.8 Å². The minimum absolute atomic E-state index is 0.233. The summed E-state index contributed by atoms with van der Waals surface area (Å²) in [6, 6.07) is 6.89. The Hall–Kier alpha value is -1.40. The van der Waals surface area contributed by atoms with E-state index < -0.39 is 0 Å². The first-order chi connectivity index (χ1) is 11.0. The number of amides is 1. The van der Waals surface area contributed by atoms with Crippen molar-refractivity contribution < 1.29 is 9.53 Å². The Morgan fingerprint density at radius 2 is 1.91 bits per heavy atom. The van der Waals surface area contributed by atoms with Crippen molar-refractivity contribution >= 4 is 52.1 Å². The third kappa shape index (κ3) is 3.75. The van der Waals surface area contributed by atoms with Crippen molar-refractivity contribution in [1.82, 2.24) is 4.98 Å². The summed E-state index contributed by atoms with van der Waals surface area (Å²) in [5.41, 5.74) is 1.81. The molecule has 0 aliphatic carbocycles. The second-order valence-corrected chi connectivity index (χ2v) is 6.28. The summed E-state index contributed by atoms with van der Waals surface area (Å²) in [4.78, 5) is 17.3. The van der Waals surface area contributed by atoms with Crippen LogP contribution in [0.3, 0.4) is 0 Å². The zero-order valence-electron chi connectivity index (χ0n) is 12.0. The van der Waals surface area contributed by atoms with Crippen LogP contribution in [-0.2, 0) is 4.74 Å². The fourth-order valence-electron chi connectivity index (χ4n) is 2.40. The number of carbonyl (C=O) groups excluding carboxylic acids is 1. The largest absolute Gasteiger partial charge is 0.378 e. The quantitative estimate of drug-likeness (QED) is 0.851. The molecule has 2 N–H and O–H groups in total. The summed E-state index contributed by atoms with van der Waals surface area (Å²) >= 11 is 17.8. The van der Waals surface area contributed by atoms with Crippen molar-refractivity contribution in [1.29, 1.82) is 0 Å². The van der Waals surface area contributed by atoms with Gasteiger partial charge in [-0.25, -0.2) is 0 Å². The molecule has 122 valence electrons. The number of benzene rings is 1. The maximum absolute atomic E-state index is 12.4. The van der Waals surface area contributed by atoms with Gasteiger partial charge in [0.05, 0.1) is 29.6 Å².